The molecule has 2 aromatic heterocycles. The molecule has 476 valence electrons. The van der Waals surface area contributed by atoms with Crippen molar-refractivity contribution in [2.24, 2.45) is 0 Å². The maximum absolute atomic E-state index is 6.50. The third-order valence-electron chi connectivity index (χ3n) is 23.1. The van der Waals surface area contributed by atoms with Crippen molar-refractivity contribution in [3.05, 3.63) is 372 Å². The molecule has 0 saturated heterocycles. The Morgan fingerprint density at radius 2 is 0.554 bits per heavy atom. The van der Waals surface area contributed by atoms with E-state index in [2.05, 4.69) is 353 Å². The number of rotatable bonds is 9. The maximum Gasteiger partial charge on any atom is 0.136 e. The molecule has 4 nitrogen and oxygen atoms in total. The second-order valence-electron chi connectivity index (χ2n) is 29.0. The Hall–Kier alpha value is -12.5. The summed E-state index contributed by atoms with van der Waals surface area (Å²) < 4.78 is 13.0. The van der Waals surface area contributed by atoms with Gasteiger partial charge in [-0.05, 0) is 213 Å². The van der Waals surface area contributed by atoms with E-state index in [9.17, 15) is 0 Å². The van der Waals surface area contributed by atoms with Gasteiger partial charge in [-0.15, -0.1) is 0 Å². The van der Waals surface area contributed by atoms with Crippen molar-refractivity contribution in [2.75, 3.05) is 9.80 Å². The van der Waals surface area contributed by atoms with E-state index >= 15 is 0 Å². The summed E-state index contributed by atoms with van der Waals surface area (Å²) in [5.41, 5.74) is 36.2. The van der Waals surface area contributed by atoms with Gasteiger partial charge in [-0.1, -0.05) is 264 Å². The van der Waals surface area contributed by atoms with Crippen molar-refractivity contribution in [2.45, 2.75) is 43.9 Å². The van der Waals surface area contributed by atoms with Crippen LogP contribution in [0.25, 0.3) is 122 Å². The van der Waals surface area contributed by atoms with Gasteiger partial charge in [0.1, 0.15) is 22.3 Å². The standard InChI is InChI=1S/C97H66N2O2/c1-95(2)80-32-12-5-22-71(80)75-52-50-64(57-86(75)95)98(62-46-42-59(43-47-62)68-30-20-40-90-93(68)78-27-10-17-38-88(78)100-90)66-54-61(70-29-19-37-85-92(70)77-26-9-16-36-84(77)97(85)82-34-14-7-24-73(82)74-25-8-15-35-83(74)97)55-67(56-66)99(65-51-53-76-72-23-6-13-33-81(72)96(3,4)87(76)58-65)63-48-44-60(45-49-63)69-31-21-41-91-94(69)79-28-11-18-39-89(79)101-91/h5-58H,1-4H3. The minimum absolute atomic E-state index is 0.262. The third-order valence-corrected chi connectivity index (χ3v) is 23.1. The number of furan rings is 2. The van der Waals surface area contributed by atoms with Crippen LogP contribution in [0.1, 0.15) is 72.2 Å². The molecule has 0 unspecified atom stereocenters. The average Bonchev–Trinajstić information content (AvgIpc) is 1.51. The van der Waals surface area contributed by atoms with Crippen LogP contribution in [-0.2, 0) is 16.2 Å². The highest BCUT2D eigenvalue weighted by atomic mass is 16.3. The van der Waals surface area contributed by atoms with Gasteiger partial charge in [0.25, 0.3) is 0 Å². The summed E-state index contributed by atoms with van der Waals surface area (Å²) >= 11 is 0. The van der Waals surface area contributed by atoms with Gasteiger partial charge in [0, 0.05) is 66.5 Å². The van der Waals surface area contributed by atoms with E-state index in [4.69, 9.17) is 8.83 Å². The number of nitrogens with zero attached hydrogens (tertiary/aromatic N) is 2. The highest BCUT2D eigenvalue weighted by Crippen LogP contribution is 2.65. The molecule has 0 aliphatic heterocycles. The van der Waals surface area contributed by atoms with Crippen LogP contribution in [-0.4, -0.2) is 0 Å². The number of anilines is 6. The summed E-state index contributed by atoms with van der Waals surface area (Å²) in [5, 5.41) is 4.45. The van der Waals surface area contributed by atoms with Crippen LogP contribution < -0.4 is 9.80 Å². The van der Waals surface area contributed by atoms with Crippen molar-refractivity contribution in [3.63, 3.8) is 0 Å². The van der Waals surface area contributed by atoms with Crippen LogP contribution in [0.15, 0.2) is 336 Å². The number of hydrogen-bond acceptors (Lipinski definition) is 4. The number of fused-ring (bicyclic) bond motifs is 22. The van der Waals surface area contributed by atoms with Gasteiger partial charge < -0.3 is 18.6 Å². The van der Waals surface area contributed by atoms with Crippen LogP contribution in [0, 0.1) is 0 Å². The topological polar surface area (TPSA) is 32.8 Å². The van der Waals surface area contributed by atoms with Gasteiger partial charge in [0.15, 0.2) is 0 Å². The van der Waals surface area contributed by atoms with Crippen LogP contribution in [0.3, 0.4) is 0 Å². The molecule has 1 spiro atoms. The lowest BCUT2D eigenvalue weighted by Crippen LogP contribution is -2.25. The van der Waals surface area contributed by atoms with E-state index in [0.29, 0.717) is 0 Å². The normalized spacial score (nSPS) is 14.2. The molecule has 0 bridgehead atoms. The number of benzene rings is 15. The highest BCUT2D eigenvalue weighted by molar-refractivity contribution is 6.14. The van der Waals surface area contributed by atoms with Crippen molar-refractivity contribution < 1.29 is 8.83 Å². The Morgan fingerprint density at radius 1 is 0.218 bits per heavy atom. The zero-order valence-electron chi connectivity index (χ0n) is 56.4. The molecule has 21 rings (SSSR count). The molecule has 4 aliphatic carbocycles. The molecular weight excluding hydrogens is 1230 g/mol. The molecule has 0 N–H and O–H groups in total. The zero-order valence-corrected chi connectivity index (χ0v) is 56.4. The quantitative estimate of drug-likeness (QED) is 0.144. The molecule has 17 aromatic rings. The summed E-state index contributed by atoms with van der Waals surface area (Å²) in [5.74, 6) is 0. The number of para-hydroxylation sites is 2. The van der Waals surface area contributed by atoms with Gasteiger partial charge in [-0.3, -0.25) is 0 Å². The SMILES string of the molecule is CC1(C)c2ccccc2-c2ccc(N(c3ccc(-c4cccc5oc6ccccc6c45)cc3)c3cc(-c4cccc5c4-c4ccccc4C54c5ccccc5-c5ccccc54)cc(N(c4ccc(-c5cccc6oc7ccccc7c56)cc4)c4ccc5c(c4)C(C)(C)c4ccccc4-5)c3)cc21. The molecule has 0 saturated carbocycles. The first-order valence-corrected chi connectivity index (χ1v) is 35.3. The second kappa shape index (κ2) is 21.3. The highest BCUT2D eigenvalue weighted by Gasteiger charge is 2.52. The van der Waals surface area contributed by atoms with Crippen molar-refractivity contribution in [1.29, 1.82) is 0 Å². The third kappa shape index (κ3) is 8.13. The summed E-state index contributed by atoms with van der Waals surface area (Å²) in [6.07, 6.45) is 0. The van der Waals surface area contributed by atoms with E-state index in [0.717, 1.165) is 106 Å². The first-order valence-electron chi connectivity index (χ1n) is 35.3. The van der Waals surface area contributed by atoms with Gasteiger partial charge in [-0.25, -0.2) is 0 Å². The molecule has 101 heavy (non-hydrogen) atoms. The Morgan fingerprint density at radius 3 is 1.03 bits per heavy atom. The van der Waals surface area contributed by atoms with Crippen LogP contribution >= 0.6 is 0 Å². The molecular formula is C97H66N2O2. The van der Waals surface area contributed by atoms with E-state index < -0.39 is 5.41 Å². The van der Waals surface area contributed by atoms with Crippen LogP contribution in [0.4, 0.5) is 34.1 Å². The molecule has 0 atom stereocenters. The van der Waals surface area contributed by atoms with Gasteiger partial charge in [0.05, 0.1) is 5.41 Å². The fourth-order valence-electron chi connectivity index (χ4n) is 18.6. The Balaban J connectivity index is 0.835. The zero-order chi connectivity index (χ0) is 67.0. The van der Waals surface area contributed by atoms with Crippen molar-refractivity contribution in [3.8, 4) is 77.9 Å². The summed E-state index contributed by atoms with van der Waals surface area (Å²) in [4.78, 5) is 5.04. The Labute approximate surface area is 586 Å². The van der Waals surface area contributed by atoms with Crippen molar-refractivity contribution in [1.82, 2.24) is 0 Å². The molecule has 0 amide bonds. The van der Waals surface area contributed by atoms with Crippen molar-refractivity contribution >= 4 is 78.0 Å². The van der Waals surface area contributed by atoms with Gasteiger partial charge >= 0.3 is 0 Å². The van der Waals surface area contributed by atoms with Gasteiger partial charge in [-0.2, -0.15) is 0 Å². The predicted molar refractivity (Wildman–Crippen MR) is 418 cm³/mol. The molecule has 15 aromatic carbocycles. The fraction of sp³-hybridized carbons (Fsp3) is 0.0722. The molecule has 0 radical (unpaired) electrons. The molecule has 0 fully saturated rings. The first kappa shape index (κ1) is 57.6. The minimum atomic E-state index is -0.541. The summed E-state index contributed by atoms with van der Waals surface area (Å²) in [6, 6.07) is 123. The molecule has 4 heteroatoms. The Bertz CT molecular complexity index is 6020. The summed E-state index contributed by atoms with van der Waals surface area (Å²) in [6.45, 7) is 9.55. The van der Waals surface area contributed by atoms with Crippen LogP contribution in [0.2, 0.25) is 0 Å². The average molecular weight is 1290 g/mol. The van der Waals surface area contributed by atoms with E-state index in [1.807, 2.05) is 12.1 Å². The smallest absolute Gasteiger partial charge is 0.136 e. The van der Waals surface area contributed by atoms with Crippen LogP contribution in [0.5, 0.6) is 0 Å². The monoisotopic (exact) mass is 1290 g/mol. The summed E-state index contributed by atoms with van der Waals surface area (Å²) in [7, 11) is 0. The lowest BCUT2D eigenvalue weighted by Gasteiger charge is -2.32. The van der Waals surface area contributed by atoms with E-state index in [1.54, 1.807) is 0 Å². The van der Waals surface area contributed by atoms with Gasteiger partial charge in [0.2, 0.25) is 0 Å². The largest absolute Gasteiger partial charge is 0.456 e. The minimum Gasteiger partial charge on any atom is -0.456 e. The number of hydrogen-bond donors (Lipinski definition) is 0. The lowest BCUT2D eigenvalue weighted by molar-refractivity contribution is 0.660. The molecule has 2 heterocycles. The fourth-order valence-corrected chi connectivity index (χ4v) is 18.6. The first-order chi connectivity index (χ1) is 49.6. The lowest BCUT2D eigenvalue weighted by atomic mass is 9.70. The van der Waals surface area contributed by atoms with E-state index in [-0.39, 0.29) is 10.8 Å². The Kier molecular flexibility index (Phi) is 12.1. The maximum atomic E-state index is 6.50. The predicted octanol–water partition coefficient (Wildman–Crippen LogP) is 26.4. The second-order valence-corrected chi connectivity index (χ2v) is 29.0. The van der Waals surface area contributed by atoms with E-state index in [1.165, 1.54) is 94.6 Å². The molecule has 4 aliphatic rings.